The predicted octanol–water partition coefficient (Wildman–Crippen LogP) is -0.504. The van der Waals surface area contributed by atoms with E-state index in [9.17, 15) is 39.9 Å². The van der Waals surface area contributed by atoms with Gasteiger partial charge in [-0.25, -0.2) is 0 Å². The van der Waals surface area contributed by atoms with Crippen molar-refractivity contribution in [1.29, 1.82) is 0 Å². The number of hydrogen-bond donors (Lipinski definition) is 6. The number of carbonyl (C=O) groups is 3. The number of likely N-dealkylation sites (N-methyl/N-ethyl adjacent to an activating group) is 1. The van der Waals surface area contributed by atoms with Crippen molar-refractivity contribution in [3.05, 3.63) is 46.2 Å². The van der Waals surface area contributed by atoms with Crippen LogP contribution in [0.3, 0.4) is 0 Å². The Morgan fingerprint density at radius 2 is 1.78 bits per heavy atom. The molecule has 3 aliphatic carbocycles. The Morgan fingerprint density at radius 3 is 2.34 bits per heavy atom. The van der Waals surface area contributed by atoms with Gasteiger partial charge in [-0.2, -0.15) is 0 Å². The first-order valence-electron chi connectivity index (χ1n) is 10.0. The van der Waals surface area contributed by atoms with Crippen LogP contribution in [0, 0.1) is 11.8 Å². The van der Waals surface area contributed by atoms with Gasteiger partial charge in [-0.15, -0.1) is 0 Å². The number of phenolic OH excluding ortho intramolecular Hbond substituents is 1. The Balaban J connectivity index is 2.07. The fourth-order valence-electron chi connectivity index (χ4n) is 5.58. The molecule has 1 aromatic carbocycles. The smallest absolute Gasteiger partial charge is 0.255 e. The van der Waals surface area contributed by atoms with Gasteiger partial charge in [-0.1, -0.05) is 19.1 Å². The van der Waals surface area contributed by atoms with Gasteiger partial charge in [0.1, 0.15) is 22.8 Å². The minimum Gasteiger partial charge on any atom is -0.508 e. The molecule has 7 N–H and O–H groups in total. The lowest BCUT2D eigenvalue weighted by molar-refractivity contribution is -0.169. The standard InChI is InChI=1S/C22H24N2O8/c1-7-8-5-4-6-9(25)11(8)16(26)12-10(7)17(27)14-15(24(2)3)18(28)13(21(23)31)20(30)22(14,32)19(12)29/h4-7,10,14-15,17,25-27,30,32H,1-3H3,(H2,23,31)/t7-,10?,14?,15-,17+,22+/m1/s1. The second kappa shape index (κ2) is 6.89. The van der Waals surface area contributed by atoms with Gasteiger partial charge in [0.05, 0.1) is 23.6 Å². The number of phenols is 1. The number of nitrogens with zero attached hydrogens (tertiary/aromatic N) is 1. The van der Waals surface area contributed by atoms with Crippen molar-refractivity contribution in [3.63, 3.8) is 0 Å². The summed E-state index contributed by atoms with van der Waals surface area (Å²) in [5.41, 5.74) is 1.47. The van der Waals surface area contributed by atoms with Crippen molar-refractivity contribution in [2.24, 2.45) is 17.6 Å². The molecule has 170 valence electrons. The lowest BCUT2D eigenvalue weighted by atomic mass is 9.54. The maximum absolute atomic E-state index is 13.7. The second-order valence-corrected chi connectivity index (χ2v) is 8.79. The summed E-state index contributed by atoms with van der Waals surface area (Å²) in [4.78, 5) is 40.0. The van der Waals surface area contributed by atoms with Crippen molar-refractivity contribution >= 4 is 23.2 Å². The van der Waals surface area contributed by atoms with Crippen molar-refractivity contribution in [2.75, 3.05) is 14.1 Å². The summed E-state index contributed by atoms with van der Waals surface area (Å²) in [6, 6.07) is 3.13. The fourth-order valence-corrected chi connectivity index (χ4v) is 5.58. The maximum atomic E-state index is 13.7. The van der Waals surface area contributed by atoms with Crippen LogP contribution in [-0.4, -0.2) is 79.7 Å². The van der Waals surface area contributed by atoms with E-state index in [0.717, 1.165) is 0 Å². The van der Waals surface area contributed by atoms with E-state index in [0.29, 0.717) is 5.56 Å². The number of benzene rings is 1. The zero-order valence-electron chi connectivity index (χ0n) is 17.6. The van der Waals surface area contributed by atoms with E-state index < -0.39 is 75.6 Å². The molecule has 0 aromatic heterocycles. The van der Waals surface area contributed by atoms with Crippen LogP contribution in [0.5, 0.6) is 5.75 Å². The average molecular weight is 444 g/mol. The van der Waals surface area contributed by atoms with Crippen molar-refractivity contribution in [1.82, 2.24) is 4.90 Å². The fraction of sp³-hybridized carbons (Fsp3) is 0.409. The van der Waals surface area contributed by atoms with E-state index in [4.69, 9.17) is 5.73 Å². The molecule has 1 aromatic rings. The van der Waals surface area contributed by atoms with Crippen molar-refractivity contribution < 1.29 is 39.9 Å². The highest BCUT2D eigenvalue weighted by Crippen LogP contribution is 2.55. The summed E-state index contributed by atoms with van der Waals surface area (Å²) in [6.45, 7) is 1.68. The minimum absolute atomic E-state index is 0.0245. The Labute approximate surface area is 182 Å². The summed E-state index contributed by atoms with van der Waals surface area (Å²) in [5.74, 6) is -8.87. The molecular formula is C22H24N2O8. The molecule has 1 saturated carbocycles. The highest BCUT2D eigenvalue weighted by atomic mass is 16.4. The van der Waals surface area contributed by atoms with Gasteiger partial charge < -0.3 is 31.3 Å². The highest BCUT2D eigenvalue weighted by Gasteiger charge is 2.68. The number of primary amides is 1. The van der Waals surface area contributed by atoms with Crippen LogP contribution in [0.4, 0.5) is 0 Å². The molecule has 32 heavy (non-hydrogen) atoms. The lowest BCUT2D eigenvalue weighted by Crippen LogP contribution is -2.70. The first-order chi connectivity index (χ1) is 14.9. The van der Waals surface area contributed by atoms with Gasteiger partial charge in [0.15, 0.2) is 11.4 Å². The molecule has 1 fully saturated rings. The van der Waals surface area contributed by atoms with Crippen molar-refractivity contribution in [3.8, 4) is 5.75 Å². The third kappa shape index (κ3) is 2.48. The molecule has 1 amide bonds. The summed E-state index contributed by atoms with van der Waals surface area (Å²) in [7, 11) is 2.92. The van der Waals surface area contributed by atoms with Crippen LogP contribution in [0.1, 0.15) is 24.0 Å². The largest absolute Gasteiger partial charge is 0.508 e. The zero-order chi connectivity index (χ0) is 23.9. The van der Waals surface area contributed by atoms with Gasteiger partial charge in [0.25, 0.3) is 5.91 Å². The zero-order valence-corrected chi connectivity index (χ0v) is 17.6. The molecule has 6 atom stereocenters. The van der Waals surface area contributed by atoms with Crippen LogP contribution in [-0.2, 0) is 14.4 Å². The third-order valence-electron chi connectivity index (χ3n) is 6.99. The number of rotatable bonds is 2. The number of fused-ring (bicyclic) bond motifs is 3. The number of aliphatic hydroxyl groups is 4. The first kappa shape index (κ1) is 22.0. The van der Waals surface area contributed by atoms with Crippen molar-refractivity contribution in [2.45, 2.75) is 30.6 Å². The first-order valence-corrected chi connectivity index (χ1v) is 10.0. The van der Waals surface area contributed by atoms with Crippen LogP contribution in [0.2, 0.25) is 0 Å². The normalized spacial score (nSPS) is 34.4. The maximum Gasteiger partial charge on any atom is 0.255 e. The topological polar surface area (TPSA) is 182 Å². The molecule has 10 heteroatoms. The molecule has 10 nitrogen and oxygen atoms in total. The van der Waals surface area contributed by atoms with Crippen LogP contribution in [0.25, 0.3) is 5.76 Å². The average Bonchev–Trinajstić information content (AvgIpc) is 2.70. The number of hydrogen-bond acceptors (Lipinski definition) is 9. The van der Waals surface area contributed by atoms with E-state index in [-0.39, 0.29) is 11.3 Å². The van der Waals surface area contributed by atoms with Gasteiger partial charge in [-0.05, 0) is 31.6 Å². The molecule has 0 saturated heterocycles. The van der Waals surface area contributed by atoms with Gasteiger partial charge >= 0.3 is 0 Å². The number of amides is 1. The lowest BCUT2D eigenvalue weighted by Gasteiger charge is -2.53. The number of nitrogens with two attached hydrogens (primary N) is 1. The monoisotopic (exact) mass is 444 g/mol. The van der Waals surface area contributed by atoms with Crippen LogP contribution < -0.4 is 5.73 Å². The molecule has 0 radical (unpaired) electrons. The van der Waals surface area contributed by atoms with Crippen LogP contribution in [0.15, 0.2) is 35.1 Å². The van der Waals surface area contributed by atoms with Gasteiger partial charge in [0.2, 0.25) is 5.78 Å². The number of carbonyl (C=O) groups excluding carboxylic acids is 3. The molecule has 4 rings (SSSR count). The summed E-state index contributed by atoms with van der Waals surface area (Å²) in [5, 5.41) is 54.9. The predicted molar refractivity (Wildman–Crippen MR) is 110 cm³/mol. The molecule has 0 heterocycles. The van der Waals surface area contributed by atoms with E-state index in [1.807, 2.05) is 0 Å². The minimum atomic E-state index is -2.89. The van der Waals surface area contributed by atoms with E-state index >= 15 is 0 Å². The molecule has 0 spiro atoms. The molecule has 2 unspecified atom stereocenters. The summed E-state index contributed by atoms with van der Waals surface area (Å²) >= 11 is 0. The Hall–Kier alpha value is -3.21. The molecular weight excluding hydrogens is 420 g/mol. The quantitative estimate of drug-likeness (QED) is 0.327. The van der Waals surface area contributed by atoms with E-state index in [2.05, 4.69) is 0 Å². The number of Topliss-reactive ketones (excluding diaryl/α,β-unsaturated/α-hetero) is 2. The van der Waals surface area contributed by atoms with Crippen LogP contribution >= 0.6 is 0 Å². The Kier molecular flexibility index (Phi) is 4.74. The van der Waals surface area contributed by atoms with E-state index in [1.54, 1.807) is 19.1 Å². The number of aliphatic hydroxyl groups excluding tert-OH is 3. The van der Waals surface area contributed by atoms with E-state index in [1.165, 1.54) is 25.1 Å². The molecule has 3 aliphatic rings. The Morgan fingerprint density at radius 1 is 1.16 bits per heavy atom. The summed E-state index contributed by atoms with van der Waals surface area (Å²) < 4.78 is 0. The third-order valence-corrected chi connectivity index (χ3v) is 6.99. The Bertz CT molecular complexity index is 1140. The highest BCUT2D eigenvalue weighted by molar-refractivity contribution is 6.24. The second-order valence-electron chi connectivity index (χ2n) is 8.79. The number of ketones is 2. The molecule has 0 aliphatic heterocycles. The number of aromatic hydroxyl groups is 1. The molecule has 0 bridgehead atoms. The summed E-state index contributed by atoms with van der Waals surface area (Å²) in [6.07, 6.45) is -1.59. The SMILES string of the molecule is C[C@@H]1c2cccc(O)c2C(O)=C2C(=O)[C@]3(O)C(O)=C(C(N)=O)C(=O)[C@H](N(C)C)C3[C@@H](O)C21. The van der Waals surface area contributed by atoms with Gasteiger partial charge in [0, 0.05) is 11.5 Å². The van der Waals surface area contributed by atoms with Gasteiger partial charge in [-0.3, -0.25) is 19.3 Å².